The number of rotatable bonds is 16. The Kier molecular flexibility index (Phi) is 15.2. The molecule has 21 nitrogen and oxygen atoms in total. The highest BCUT2D eigenvalue weighted by molar-refractivity contribution is 5.79. The molecule has 3 aliphatic rings. The van der Waals surface area contributed by atoms with Crippen LogP contribution in [0.3, 0.4) is 0 Å². The third kappa shape index (κ3) is 9.40. The largest absolute Gasteiger partial charge is 0.477 e. The Bertz CT molecular complexity index is 1280. The number of carbonyl (C=O) groups is 2. The summed E-state index contributed by atoms with van der Waals surface area (Å²) in [4.78, 5) is 25.8. The molecular formula is C31H48N2O19. The van der Waals surface area contributed by atoms with E-state index in [0.29, 0.717) is 5.56 Å². The molecule has 21 heteroatoms. The second kappa shape index (κ2) is 18.7. The summed E-state index contributed by atoms with van der Waals surface area (Å²) in [5.41, 5.74) is 5.96. The van der Waals surface area contributed by atoms with Crippen molar-refractivity contribution in [2.75, 3.05) is 33.0 Å². The lowest BCUT2D eigenvalue weighted by Gasteiger charge is -2.50. The Hall–Kier alpha value is -2.52. The van der Waals surface area contributed by atoms with E-state index in [0.717, 1.165) is 0 Å². The molecule has 0 saturated carbocycles. The molecule has 1 aromatic rings. The molecule has 0 aromatic heterocycles. The number of nitrogens with one attached hydrogen (secondary N) is 1. The molecule has 3 saturated heterocycles. The molecule has 14 N–H and O–H groups in total. The first-order valence-corrected chi connectivity index (χ1v) is 16.5. The molecule has 296 valence electrons. The Balaban J connectivity index is 1.60. The predicted molar refractivity (Wildman–Crippen MR) is 167 cm³/mol. The molecule has 0 radical (unpaired) electrons. The van der Waals surface area contributed by atoms with E-state index >= 15 is 0 Å². The molecule has 52 heavy (non-hydrogen) atoms. The number of carbonyl (C=O) groups excluding carboxylic acids is 1. The van der Waals surface area contributed by atoms with Crippen molar-refractivity contribution in [2.45, 2.75) is 110 Å². The summed E-state index contributed by atoms with van der Waals surface area (Å²) in [6.07, 6.45) is -27.4. The van der Waals surface area contributed by atoms with Gasteiger partial charge in [-0.2, -0.15) is 0 Å². The van der Waals surface area contributed by atoms with Gasteiger partial charge in [-0.25, -0.2) is 4.79 Å². The van der Waals surface area contributed by atoms with E-state index in [1.54, 1.807) is 30.3 Å². The fourth-order valence-corrected chi connectivity index (χ4v) is 6.25. The molecule has 0 aliphatic carbocycles. The molecule has 16 atom stereocenters. The Morgan fingerprint density at radius 3 is 2.15 bits per heavy atom. The summed E-state index contributed by atoms with van der Waals surface area (Å²) in [6.45, 7) is -2.90. The SMILES string of the molecule is NCCO[C@@H]1OC(CO)[C@@H](O[C@@H]2OC(CO)[C@H](O)[C@H](O[C@]3(C(=O)O)C[C@@H](O)[C@@H](NC(=O)Cc4ccccc4)C([C@H](O)[C@H](O)CO)O3)C2O)[C@H](O)C1O. The lowest BCUT2D eigenvalue weighted by Crippen LogP contribution is -2.71. The molecule has 0 bridgehead atoms. The highest BCUT2D eigenvalue weighted by atomic mass is 16.8. The van der Waals surface area contributed by atoms with Crippen molar-refractivity contribution in [3.8, 4) is 0 Å². The summed E-state index contributed by atoms with van der Waals surface area (Å²) in [7, 11) is 0. The van der Waals surface area contributed by atoms with Gasteiger partial charge in [-0.15, -0.1) is 0 Å². The Morgan fingerprint density at radius 1 is 0.904 bits per heavy atom. The quantitative estimate of drug-likeness (QED) is 0.0746. The van der Waals surface area contributed by atoms with Crippen LogP contribution in [0, 0.1) is 0 Å². The maximum atomic E-state index is 12.9. The summed E-state index contributed by atoms with van der Waals surface area (Å²) < 4.78 is 33.2. The lowest BCUT2D eigenvalue weighted by atomic mass is 9.88. The van der Waals surface area contributed by atoms with Crippen molar-refractivity contribution in [3.05, 3.63) is 35.9 Å². The summed E-state index contributed by atoms with van der Waals surface area (Å²) in [5, 5.41) is 118. The van der Waals surface area contributed by atoms with Crippen LogP contribution in [0.4, 0.5) is 0 Å². The van der Waals surface area contributed by atoms with Crippen molar-refractivity contribution < 1.29 is 94.2 Å². The lowest BCUT2D eigenvalue weighted by molar-refractivity contribution is -0.386. The first kappa shape index (κ1) is 42.2. The summed E-state index contributed by atoms with van der Waals surface area (Å²) >= 11 is 0. The number of ether oxygens (including phenoxy) is 6. The molecule has 3 aliphatic heterocycles. The number of aliphatic hydroxyl groups excluding tert-OH is 10. The number of amides is 1. The number of carboxylic acids is 1. The van der Waals surface area contributed by atoms with Crippen LogP contribution in [-0.4, -0.2) is 199 Å². The average molecular weight is 753 g/mol. The first-order valence-electron chi connectivity index (χ1n) is 16.5. The minimum absolute atomic E-state index is 0.0324. The number of benzene rings is 1. The molecule has 3 fully saturated rings. The van der Waals surface area contributed by atoms with Crippen molar-refractivity contribution in [1.29, 1.82) is 0 Å². The fourth-order valence-electron chi connectivity index (χ4n) is 6.25. The number of hydrogen-bond donors (Lipinski definition) is 13. The van der Waals surface area contributed by atoms with Gasteiger partial charge < -0.3 is 95.6 Å². The maximum absolute atomic E-state index is 12.9. The zero-order valence-corrected chi connectivity index (χ0v) is 27.8. The third-order valence-corrected chi connectivity index (χ3v) is 9.01. The van der Waals surface area contributed by atoms with Crippen LogP contribution < -0.4 is 11.1 Å². The minimum Gasteiger partial charge on any atom is -0.477 e. The van der Waals surface area contributed by atoms with Crippen LogP contribution in [-0.2, 0) is 44.4 Å². The predicted octanol–water partition coefficient (Wildman–Crippen LogP) is -7.02. The second-order valence-electron chi connectivity index (χ2n) is 12.7. The summed E-state index contributed by atoms with van der Waals surface area (Å²) in [5.74, 6) is -5.72. The van der Waals surface area contributed by atoms with E-state index in [2.05, 4.69) is 5.32 Å². The Labute approximate surface area is 296 Å². The van der Waals surface area contributed by atoms with Crippen LogP contribution in [0.1, 0.15) is 12.0 Å². The molecular weight excluding hydrogens is 704 g/mol. The number of nitrogens with two attached hydrogens (primary N) is 1. The molecule has 0 spiro atoms. The van der Waals surface area contributed by atoms with Crippen molar-refractivity contribution in [1.82, 2.24) is 5.32 Å². The van der Waals surface area contributed by atoms with Crippen LogP contribution in [0.2, 0.25) is 0 Å². The molecule has 5 unspecified atom stereocenters. The Morgan fingerprint density at radius 2 is 1.56 bits per heavy atom. The van der Waals surface area contributed by atoms with Crippen LogP contribution in [0.25, 0.3) is 0 Å². The van der Waals surface area contributed by atoms with E-state index in [4.69, 9.17) is 34.2 Å². The van der Waals surface area contributed by atoms with Gasteiger partial charge in [-0.1, -0.05) is 30.3 Å². The van der Waals surface area contributed by atoms with Gasteiger partial charge in [-0.3, -0.25) is 4.79 Å². The normalized spacial score (nSPS) is 39.4. The highest BCUT2D eigenvalue weighted by Crippen LogP contribution is 2.38. The molecule has 1 amide bonds. The van der Waals surface area contributed by atoms with Crippen LogP contribution in [0.5, 0.6) is 0 Å². The third-order valence-electron chi connectivity index (χ3n) is 9.01. The second-order valence-corrected chi connectivity index (χ2v) is 12.7. The van der Waals surface area contributed by atoms with E-state index in [1.807, 2.05) is 0 Å². The van der Waals surface area contributed by atoms with E-state index in [-0.39, 0.29) is 19.6 Å². The maximum Gasteiger partial charge on any atom is 0.364 e. The van der Waals surface area contributed by atoms with E-state index < -0.39 is 136 Å². The van der Waals surface area contributed by atoms with Crippen LogP contribution in [0.15, 0.2) is 30.3 Å². The van der Waals surface area contributed by atoms with Gasteiger partial charge in [0, 0.05) is 13.0 Å². The van der Waals surface area contributed by atoms with Gasteiger partial charge in [0.15, 0.2) is 12.6 Å². The zero-order chi connectivity index (χ0) is 38.3. The van der Waals surface area contributed by atoms with Gasteiger partial charge >= 0.3 is 5.97 Å². The number of carboxylic acid groups (broad SMARTS) is 1. The van der Waals surface area contributed by atoms with E-state index in [9.17, 15) is 65.8 Å². The van der Waals surface area contributed by atoms with Crippen molar-refractivity contribution >= 4 is 11.9 Å². The zero-order valence-electron chi connectivity index (χ0n) is 27.8. The molecule has 3 heterocycles. The van der Waals surface area contributed by atoms with Gasteiger partial charge in [-0.05, 0) is 5.56 Å². The standard InChI is InChI=1S/C31H48N2O19/c32-6-7-47-28-23(43)22(42)25(17(12-36)49-28)50-29-24(44)27(21(41)16(11-35)48-29)52-31(30(45)46)9-14(37)19(26(51-31)20(40)15(38)10-34)33-18(39)8-13-4-2-1-3-5-13/h1-5,14-17,19-29,34-38,40-44H,6-12,32H2,(H,33,39)(H,45,46)/t14-,15-,16?,17?,19-,20-,21+,22-,23?,24?,25-,26?,27+,28-,29+,31+/m1/s1. The number of hydrogen-bond acceptors (Lipinski definition) is 19. The topological polar surface area (TPSA) is 350 Å². The van der Waals surface area contributed by atoms with Crippen molar-refractivity contribution in [3.63, 3.8) is 0 Å². The molecule has 1 aromatic carbocycles. The smallest absolute Gasteiger partial charge is 0.364 e. The fraction of sp³-hybridized carbons (Fsp3) is 0.742. The average Bonchev–Trinajstić information content (AvgIpc) is 3.13. The number of aliphatic carboxylic acids is 1. The summed E-state index contributed by atoms with van der Waals surface area (Å²) in [6, 6.07) is 6.76. The highest BCUT2D eigenvalue weighted by Gasteiger charge is 2.60. The van der Waals surface area contributed by atoms with Crippen molar-refractivity contribution in [2.24, 2.45) is 5.73 Å². The number of aliphatic hydroxyl groups is 10. The van der Waals surface area contributed by atoms with Gasteiger partial charge in [0.1, 0.15) is 67.1 Å². The first-order chi connectivity index (χ1) is 24.7. The molecule has 4 rings (SSSR count). The monoisotopic (exact) mass is 752 g/mol. The van der Waals surface area contributed by atoms with Gasteiger partial charge in [0.2, 0.25) is 5.91 Å². The van der Waals surface area contributed by atoms with Gasteiger partial charge in [0.05, 0.1) is 45.0 Å². The van der Waals surface area contributed by atoms with E-state index in [1.165, 1.54) is 0 Å². The van der Waals surface area contributed by atoms with Crippen LogP contribution >= 0.6 is 0 Å². The van der Waals surface area contributed by atoms with Gasteiger partial charge in [0.25, 0.3) is 5.79 Å². The minimum atomic E-state index is -3.06.